The van der Waals surface area contributed by atoms with Gasteiger partial charge in [0.15, 0.2) is 0 Å². The largest absolute Gasteiger partial charge is 0.333 e. The summed E-state index contributed by atoms with van der Waals surface area (Å²) in [5, 5.41) is 3.54. The quantitative estimate of drug-likeness (QED) is 0.904. The van der Waals surface area contributed by atoms with E-state index in [0.29, 0.717) is 0 Å². The van der Waals surface area contributed by atoms with Gasteiger partial charge in [-0.15, -0.1) is 0 Å². The summed E-state index contributed by atoms with van der Waals surface area (Å²) in [7, 11) is 2.22. The van der Waals surface area contributed by atoms with E-state index < -0.39 is 0 Å². The molecule has 1 unspecified atom stereocenters. The maximum atomic E-state index is 4.32. The molecule has 108 valence electrons. The molecule has 4 nitrogen and oxygen atoms in total. The Labute approximate surface area is 117 Å². The summed E-state index contributed by atoms with van der Waals surface area (Å²) in [6.45, 7) is 11.1. The van der Waals surface area contributed by atoms with Gasteiger partial charge in [0.25, 0.3) is 0 Å². The van der Waals surface area contributed by atoms with Crippen LogP contribution in [0.1, 0.15) is 39.3 Å². The van der Waals surface area contributed by atoms with Crippen molar-refractivity contribution in [1.29, 1.82) is 0 Å². The summed E-state index contributed by atoms with van der Waals surface area (Å²) in [5.41, 5.74) is 1.45. The normalized spacial score (nSPS) is 21.8. The van der Waals surface area contributed by atoms with Crippen molar-refractivity contribution >= 4 is 0 Å². The molecule has 0 aromatic carbocycles. The number of nitrogens with one attached hydrogen (secondary N) is 1. The Kier molecular flexibility index (Phi) is 4.63. The number of imidazole rings is 1. The highest BCUT2D eigenvalue weighted by atomic mass is 15.1. The number of piperidine rings is 1. The van der Waals surface area contributed by atoms with Crippen molar-refractivity contribution in [3.05, 3.63) is 18.2 Å². The number of aromatic nitrogens is 2. The molecule has 1 aliphatic rings. The number of rotatable bonds is 4. The highest BCUT2D eigenvalue weighted by Gasteiger charge is 2.18. The molecule has 2 rings (SSSR count). The van der Waals surface area contributed by atoms with Gasteiger partial charge in [0.05, 0.1) is 12.0 Å². The summed E-state index contributed by atoms with van der Waals surface area (Å²) >= 11 is 0. The lowest BCUT2D eigenvalue weighted by Crippen LogP contribution is -2.36. The van der Waals surface area contributed by atoms with E-state index in [9.17, 15) is 0 Å². The van der Waals surface area contributed by atoms with E-state index in [-0.39, 0.29) is 5.54 Å². The fourth-order valence-electron chi connectivity index (χ4n) is 2.72. The lowest BCUT2D eigenvalue weighted by atomic mass is 9.98. The van der Waals surface area contributed by atoms with Crippen molar-refractivity contribution in [3.8, 4) is 0 Å². The maximum absolute atomic E-state index is 4.32. The van der Waals surface area contributed by atoms with Crippen molar-refractivity contribution < 1.29 is 0 Å². The Balaban J connectivity index is 1.91. The Morgan fingerprint density at radius 2 is 2.21 bits per heavy atom. The minimum Gasteiger partial charge on any atom is -0.333 e. The summed E-state index contributed by atoms with van der Waals surface area (Å²) in [5.74, 6) is 0.765. The van der Waals surface area contributed by atoms with Crippen LogP contribution >= 0.6 is 0 Å². The van der Waals surface area contributed by atoms with Gasteiger partial charge in [-0.05, 0) is 53.1 Å². The van der Waals surface area contributed by atoms with Crippen LogP contribution in [-0.4, -0.2) is 40.1 Å². The second-order valence-electron chi connectivity index (χ2n) is 6.91. The van der Waals surface area contributed by atoms with E-state index in [4.69, 9.17) is 0 Å². The topological polar surface area (TPSA) is 33.1 Å². The third-order valence-electron chi connectivity index (χ3n) is 3.78. The van der Waals surface area contributed by atoms with Gasteiger partial charge in [0.2, 0.25) is 0 Å². The maximum Gasteiger partial charge on any atom is 0.0948 e. The molecule has 19 heavy (non-hydrogen) atoms. The molecule has 2 heterocycles. The molecule has 0 saturated carbocycles. The summed E-state index contributed by atoms with van der Waals surface area (Å²) in [6, 6.07) is 0. The SMILES string of the molecule is CN1CCCC(Cn2cncc2CNC(C)(C)C)C1. The molecular weight excluding hydrogens is 236 g/mol. The summed E-state index contributed by atoms with van der Waals surface area (Å²) in [6.07, 6.45) is 6.64. The first-order valence-corrected chi connectivity index (χ1v) is 7.36. The van der Waals surface area contributed by atoms with Crippen LogP contribution < -0.4 is 5.32 Å². The zero-order valence-electron chi connectivity index (χ0n) is 12.8. The zero-order valence-corrected chi connectivity index (χ0v) is 12.8. The number of hydrogen-bond donors (Lipinski definition) is 1. The van der Waals surface area contributed by atoms with Gasteiger partial charge in [-0.2, -0.15) is 0 Å². The first-order chi connectivity index (χ1) is 8.94. The first-order valence-electron chi connectivity index (χ1n) is 7.36. The van der Waals surface area contributed by atoms with Crippen LogP contribution in [0.15, 0.2) is 12.5 Å². The van der Waals surface area contributed by atoms with E-state index in [1.165, 1.54) is 31.6 Å². The van der Waals surface area contributed by atoms with Gasteiger partial charge in [-0.25, -0.2) is 4.98 Å². The Morgan fingerprint density at radius 3 is 2.89 bits per heavy atom. The Hall–Kier alpha value is -0.870. The van der Waals surface area contributed by atoms with Gasteiger partial charge in [-0.3, -0.25) is 0 Å². The van der Waals surface area contributed by atoms with Crippen molar-refractivity contribution in [2.24, 2.45) is 5.92 Å². The van der Waals surface area contributed by atoms with Crippen LogP contribution in [0.25, 0.3) is 0 Å². The molecule has 0 bridgehead atoms. The molecule has 1 aromatic heterocycles. The van der Waals surface area contributed by atoms with Crippen LogP contribution in [-0.2, 0) is 13.1 Å². The predicted molar refractivity (Wildman–Crippen MR) is 79.0 cm³/mol. The van der Waals surface area contributed by atoms with Gasteiger partial charge < -0.3 is 14.8 Å². The van der Waals surface area contributed by atoms with E-state index in [2.05, 4.69) is 47.6 Å². The highest BCUT2D eigenvalue weighted by Crippen LogP contribution is 2.18. The smallest absolute Gasteiger partial charge is 0.0948 e. The molecule has 0 aliphatic carbocycles. The zero-order chi connectivity index (χ0) is 13.9. The van der Waals surface area contributed by atoms with Crippen LogP contribution in [0.4, 0.5) is 0 Å². The molecule has 0 radical (unpaired) electrons. The van der Waals surface area contributed by atoms with Crippen molar-refractivity contribution in [2.75, 3.05) is 20.1 Å². The highest BCUT2D eigenvalue weighted by molar-refractivity contribution is 4.99. The molecule has 1 aromatic rings. The van der Waals surface area contributed by atoms with E-state index >= 15 is 0 Å². The molecule has 1 atom stereocenters. The van der Waals surface area contributed by atoms with Gasteiger partial charge in [0.1, 0.15) is 0 Å². The number of likely N-dealkylation sites (tertiary alicyclic amines) is 1. The monoisotopic (exact) mass is 264 g/mol. The lowest BCUT2D eigenvalue weighted by Gasteiger charge is -2.30. The summed E-state index contributed by atoms with van der Waals surface area (Å²) in [4.78, 5) is 6.76. The average molecular weight is 264 g/mol. The predicted octanol–water partition coefficient (Wildman–Crippen LogP) is 2.11. The van der Waals surface area contributed by atoms with E-state index in [1.807, 2.05) is 12.5 Å². The molecule has 0 spiro atoms. The van der Waals surface area contributed by atoms with Crippen molar-refractivity contribution in [2.45, 2.75) is 52.2 Å². The van der Waals surface area contributed by atoms with Crippen molar-refractivity contribution in [1.82, 2.24) is 19.8 Å². The molecular formula is C15H28N4. The minimum absolute atomic E-state index is 0.153. The number of nitrogens with zero attached hydrogens (tertiary/aromatic N) is 3. The van der Waals surface area contributed by atoms with E-state index in [1.54, 1.807) is 0 Å². The molecule has 1 saturated heterocycles. The van der Waals surface area contributed by atoms with E-state index in [0.717, 1.165) is 19.0 Å². The first kappa shape index (κ1) is 14.5. The lowest BCUT2D eigenvalue weighted by molar-refractivity contribution is 0.193. The Morgan fingerprint density at radius 1 is 1.42 bits per heavy atom. The van der Waals surface area contributed by atoms with Gasteiger partial charge in [-0.1, -0.05) is 0 Å². The summed E-state index contributed by atoms with van der Waals surface area (Å²) < 4.78 is 2.32. The Bertz CT molecular complexity index is 391. The third kappa shape index (κ3) is 4.62. The van der Waals surface area contributed by atoms with Crippen LogP contribution in [0, 0.1) is 5.92 Å². The van der Waals surface area contributed by atoms with Crippen LogP contribution in [0.5, 0.6) is 0 Å². The van der Waals surface area contributed by atoms with Crippen LogP contribution in [0.2, 0.25) is 0 Å². The molecule has 0 amide bonds. The molecule has 1 N–H and O–H groups in total. The third-order valence-corrected chi connectivity index (χ3v) is 3.78. The molecule has 1 aliphatic heterocycles. The van der Waals surface area contributed by atoms with Crippen LogP contribution in [0.3, 0.4) is 0 Å². The fourth-order valence-corrected chi connectivity index (χ4v) is 2.72. The number of hydrogen-bond acceptors (Lipinski definition) is 3. The second-order valence-corrected chi connectivity index (χ2v) is 6.91. The molecule has 1 fully saturated rings. The van der Waals surface area contributed by atoms with Gasteiger partial charge >= 0.3 is 0 Å². The van der Waals surface area contributed by atoms with Gasteiger partial charge in [0, 0.05) is 31.4 Å². The standard InChI is InChI=1S/C15H28N4/c1-15(2,3)17-9-14-8-16-12-19(14)11-13-6-5-7-18(4)10-13/h8,12-13,17H,5-7,9-11H2,1-4H3. The fraction of sp³-hybridized carbons (Fsp3) is 0.800. The molecule has 4 heteroatoms. The van der Waals surface area contributed by atoms with Crippen molar-refractivity contribution in [3.63, 3.8) is 0 Å². The average Bonchev–Trinajstić information content (AvgIpc) is 2.73. The minimum atomic E-state index is 0.153. The second kappa shape index (κ2) is 6.06.